The predicted molar refractivity (Wildman–Crippen MR) is 80.6 cm³/mol. The van der Waals surface area contributed by atoms with E-state index in [9.17, 15) is 0 Å². The zero-order valence-electron chi connectivity index (χ0n) is 10.4. The summed E-state index contributed by atoms with van der Waals surface area (Å²) in [5.74, 6) is 0. The molecule has 0 aliphatic rings. The summed E-state index contributed by atoms with van der Waals surface area (Å²) >= 11 is 3.17. The third-order valence-electron chi connectivity index (χ3n) is 2.71. The average Bonchev–Trinajstić information content (AvgIpc) is 2.88. The van der Waals surface area contributed by atoms with E-state index in [0.717, 1.165) is 15.5 Å². The van der Waals surface area contributed by atoms with Crippen LogP contribution in [0, 0.1) is 6.92 Å². The van der Waals surface area contributed by atoms with Crippen molar-refractivity contribution < 1.29 is 0 Å². The summed E-state index contributed by atoms with van der Waals surface area (Å²) in [7, 11) is 0. The smallest absolute Gasteiger partial charge is 0.119 e. The highest BCUT2D eigenvalue weighted by Gasteiger charge is 2.11. The standard InChI is InChI=1S/C15H12N2S2/c1-11-6-5-9-13(10-11)18-15-14(16-17-19-15)12-7-3-2-4-8-12/h2-10H,1H3. The molecular weight excluding hydrogens is 272 g/mol. The van der Waals surface area contributed by atoms with Crippen molar-refractivity contribution in [3.05, 3.63) is 60.2 Å². The summed E-state index contributed by atoms with van der Waals surface area (Å²) in [5.41, 5.74) is 3.35. The van der Waals surface area contributed by atoms with Crippen molar-refractivity contribution in [3.8, 4) is 11.3 Å². The van der Waals surface area contributed by atoms with E-state index >= 15 is 0 Å². The Labute approximate surface area is 120 Å². The first-order chi connectivity index (χ1) is 9.33. The molecule has 0 aliphatic heterocycles. The molecule has 94 valence electrons. The van der Waals surface area contributed by atoms with E-state index in [1.165, 1.54) is 22.0 Å². The van der Waals surface area contributed by atoms with Crippen LogP contribution in [0.4, 0.5) is 0 Å². The lowest BCUT2D eigenvalue weighted by Gasteiger charge is -2.02. The van der Waals surface area contributed by atoms with Crippen LogP contribution in [0.2, 0.25) is 0 Å². The molecule has 0 spiro atoms. The molecule has 2 nitrogen and oxygen atoms in total. The van der Waals surface area contributed by atoms with Gasteiger partial charge in [0.2, 0.25) is 0 Å². The quantitative estimate of drug-likeness (QED) is 0.699. The van der Waals surface area contributed by atoms with Gasteiger partial charge < -0.3 is 0 Å². The van der Waals surface area contributed by atoms with Crippen molar-refractivity contribution >= 4 is 23.3 Å². The van der Waals surface area contributed by atoms with Gasteiger partial charge in [0, 0.05) is 10.5 Å². The van der Waals surface area contributed by atoms with Crippen LogP contribution < -0.4 is 0 Å². The maximum Gasteiger partial charge on any atom is 0.119 e. The Bertz CT molecular complexity index is 677. The van der Waals surface area contributed by atoms with Crippen LogP contribution in [0.1, 0.15) is 5.56 Å². The van der Waals surface area contributed by atoms with Crippen LogP contribution in [0.3, 0.4) is 0 Å². The number of hydrogen-bond acceptors (Lipinski definition) is 4. The molecule has 1 aromatic heterocycles. The summed E-state index contributed by atoms with van der Waals surface area (Å²) in [6.45, 7) is 2.10. The molecule has 0 bridgehead atoms. The van der Waals surface area contributed by atoms with E-state index in [2.05, 4.69) is 52.9 Å². The van der Waals surface area contributed by atoms with Gasteiger partial charge in [0.25, 0.3) is 0 Å². The lowest BCUT2D eigenvalue weighted by atomic mass is 10.2. The molecule has 19 heavy (non-hydrogen) atoms. The maximum atomic E-state index is 4.25. The van der Waals surface area contributed by atoms with Gasteiger partial charge in [0.05, 0.1) is 0 Å². The Morgan fingerprint density at radius 1 is 1.00 bits per heavy atom. The van der Waals surface area contributed by atoms with Crippen LogP contribution in [0.15, 0.2) is 63.7 Å². The SMILES string of the molecule is Cc1cccc(Sc2snnc2-c2ccccc2)c1. The fourth-order valence-electron chi connectivity index (χ4n) is 1.81. The van der Waals surface area contributed by atoms with Crippen LogP contribution >= 0.6 is 23.3 Å². The molecule has 2 aromatic carbocycles. The van der Waals surface area contributed by atoms with Gasteiger partial charge in [0.1, 0.15) is 9.90 Å². The number of nitrogens with zero attached hydrogens (tertiary/aromatic N) is 2. The Balaban J connectivity index is 1.93. The third kappa shape index (κ3) is 2.85. The first-order valence-corrected chi connectivity index (χ1v) is 7.54. The van der Waals surface area contributed by atoms with Crippen molar-refractivity contribution in [1.29, 1.82) is 0 Å². The first kappa shape index (κ1) is 12.4. The van der Waals surface area contributed by atoms with Gasteiger partial charge in [-0.3, -0.25) is 0 Å². The van der Waals surface area contributed by atoms with Gasteiger partial charge in [-0.05, 0) is 30.6 Å². The molecule has 3 aromatic rings. The average molecular weight is 284 g/mol. The molecule has 0 unspecified atom stereocenters. The second kappa shape index (κ2) is 5.55. The first-order valence-electron chi connectivity index (χ1n) is 5.95. The van der Waals surface area contributed by atoms with E-state index < -0.39 is 0 Å². The van der Waals surface area contributed by atoms with Gasteiger partial charge in [0.15, 0.2) is 0 Å². The fourth-order valence-corrected chi connectivity index (χ4v) is 3.65. The highest BCUT2D eigenvalue weighted by molar-refractivity contribution is 8.01. The summed E-state index contributed by atoms with van der Waals surface area (Å²) in [4.78, 5) is 1.23. The zero-order valence-corrected chi connectivity index (χ0v) is 12.0. The molecular formula is C15H12N2S2. The number of rotatable bonds is 3. The molecule has 0 aliphatic carbocycles. The molecule has 0 N–H and O–H groups in total. The van der Waals surface area contributed by atoms with E-state index in [1.54, 1.807) is 11.8 Å². The summed E-state index contributed by atoms with van der Waals surface area (Å²) in [6.07, 6.45) is 0. The maximum absolute atomic E-state index is 4.25. The lowest BCUT2D eigenvalue weighted by molar-refractivity contribution is 1.15. The van der Waals surface area contributed by atoms with Gasteiger partial charge in [-0.1, -0.05) is 64.3 Å². The molecule has 0 radical (unpaired) electrons. The minimum Gasteiger partial charge on any atom is -0.137 e. The Morgan fingerprint density at radius 2 is 1.84 bits per heavy atom. The van der Waals surface area contributed by atoms with Gasteiger partial charge in [-0.25, -0.2) is 0 Å². The molecule has 1 heterocycles. The van der Waals surface area contributed by atoms with Crippen molar-refractivity contribution in [2.24, 2.45) is 0 Å². The van der Waals surface area contributed by atoms with Crippen LogP contribution in [-0.4, -0.2) is 9.59 Å². The minimum absolute atomic E-state index is 0.970. The monoisotopic (exact) mass is 284 g/mol. The Kier molecular flexibility index (Phi) is 3.62. The van der Waals surface area contributed by atoms with Crippen LogP contribution in [-0.2, 0) is 0 Å². The van der Waals surface area contributed by atoms with Crippen LogP contribution in [0.5, 0.6) is 0 Å². The second-order valence-corrected chi connectivity index (χ2v) is 6.29. The molecule has 0 atom stereocenters. The normalized spacial score (nSPS) is 10.6. The van der Waals surface area contributed by atoms with Gasteiger partial charge in [-0.15, -0.1) is 5.10 Å². The van der Waals surface area contributed by atoms with Gasteiger partial charge >= 0.3 is 0 Å². The Hall–Kier alpha value is -1.65. The second-order valence-electron chi connectivity index (χ2n) is 4.19. The number of benzene rings is 2. The van der Waals surface area contributed by atoms with Gasteiger partial charge in [-0.2, -0.15) is 0 Å². The minimum atomic E-state index is 0.970. The van der Waals surface area contributed by atoms with Crippen molar-refractivity contribution in [1.82, 2.24) is 9.59 Å². The molecule has 0 saturated carbocycles. The number of hydrogen-bond donors (Lipinski definition) is 0. The van der Waals surface area contributed by atoms with Crippen molar-refractivity contribution in [2.45, 2.75) is 16.0 Å². The van der Waals surface area contributed by atoms with E-state index in [1.807, 2.05) is 18.2 Å². The van der Waals surface area contributed by atoms with Crippen molar-refractivity contribution in [3.63, 3.8) is 0 Å². The molecule has 4 heteroatoms. The molecule has 0 saturated heterocycles. The van der Waals surface area contributed by atoms with E-state index in [-0.39, 0.29) is 0 Å². The Morgan fingerprint density at radius 3 is 2.63 bits per heavy atom. The van der Waals surface area contributed by atoms with E-state index in [4.69, 9.17) is 0 Å². The highest BCUT2D eigenvalue weighted by Crippen LogP contribution is 2.37. The number of aryl methyl sites for hydroxylation is 1. The lowest BCUT2D eigenvalue weighted by Crippen LogP contribution is -1.80. The largest absolute Gasteiger partial charge is 0.137 e. The summed E-state index contributed by atoms with van der Waals surface area (Å²) in [5, 5.41) is 4.25. The topological polar surface area (TPSA) is 25.8 Å². The van der Waals surface area contributed by atoms with Crippen molar-refractivity contribution in [2.75, 3.05) is 0 Å². The third-order valence-corrected chi connectivity index (χ3v) is 4.57. The summed E-state index contributed by atoms with van der Waals surface area (Å²) in [6, 6.07) is 18.7. The predicted octanol–water partition coefficient (Wildman–Crippen LogP) is 4.66. The molecule has 0 amide bonds. The fraction of sp³-hybridized carbons (Fsp3) is 0.0667. The van der Waals surface area contributed by atoms with Crippen LogP contribution in [0.25, 0.3) is 11.3 Å². The highest BCUT2D eigenvalue weighted by atomic mass is 32.2. The number of aromatic nitrogens is 2. The molecule has 3 rings (SSSR count). The van der Waals surface area contributed by atoms with E-state index in [0.29, 0.717) is 0 Å². The molecule has 0 fully saturated rings. The zero-order chi connectivity index (χ0) is 13.1. The summed E-state index contributed by atoms with van der Waals surface area (Å²) < 4.78 is 5.22.